The van der Waals surface area contributed by atoms with Gasteiger partial charge in [-0.25, -0.2) is 9.59 Å². The van der Waals surface area contributed by atoms with Crippen molar-refractivity contribution < 1.29 is 19.4 Å². The molecule has 0 saturated carbocycles. The fourth-order valence-electron chi connectivity index (χ4n) is 1.67. The van der Waals surface area contributed by atoms with Crippen LogP contribution in [0.1, 0.15) is 39.3 Å². The Bertz CT molecular complexity index is 536. The molecule has 0 fully saturated rings. The maximum atomic E-state index is 11.8. The Morgan fingerprint density at radius 2 is 1.90 bits per heavy atom. The summed E-state index contributed by atoms with van der Waals surface area (Å²) in [4.78, 5) is 22.4. The molecule has 0 radical (unpaired) electrons. The maximum absolute atomic E-state index is 11.8. The van der Waals surface area contributed by atoms with Crippen LogP contribution in [0.4, 0.5) is 21.0 Å². The molecule has 5 N–H and O–H groups in total. The van der Waals surface area contributed by atoms with E-state index < -0.39 is 17.8 Å². The zero-order valence-corrected chi connectivity index (χ0v) is 12.6. The number of anilines is 2. The van der Waals surface area contributed by atoms with Gasteiger partial charge in [-0.15, -0.1) is 0 Å². The Balaban J connectivity index is 2.96. The lowest BCUT2D eigenvalue weighted by molar-refractivity contribution is 0.0635. The first-order valence-electron chi connectivity index (χ1n) is 6.48. The number of carboxylic acid groups (broad SMARTS) is 1. The summed E-state index contributed by atoms with van der Waals surface area (Å²) in [5, 5.41) is 13.6. The Kier molecular flexibility index (Phi) is 5.15. The first kappa shape index (κ1) is 16.8. The van der Waals surface area contributed by atoms with Crippen LogP contribution < -0.4 is 16.4 Å². The van der Waals surface area contributed by atoms with Crippen molar-refractivity contribution in [1.82, 2.24) is 0 Å². The number of hydrogen-bond acceptors (Lipinski definition) is 4. The number of nitrogens with one attached hydrogen (secondary N) is 2. The summed E-state index contributed by atoms with van der Waals surface area (Å²) in [5.74, 6) is 0. The largest absolute Gasteiger partial charge is 0.465 e. The molecule has 7 heteroatoms. The second-order valence-electron chi connectivity index (χ2n) is 5.65. The summed E-state index contributed by atoms with van der Waals surface area (Å²) >= 11 is 0. The molecule has 0 spiro atoms. The van der Waals surface area contributed by atoms with Gasteiger partial charge in [0.25, 0.3) is 0 Å². The fraction of sp³-hybridized carbons (Fsp3) is 0.429. The molecule has 21 heavy (non-hydrogen) atoms. The van der Waals surface area contributed by atoms with E-state index in [4.69, 9.17) is 15.6 Å². The van der Waals surface area contributed by atoms with E-state index in [0.717, 1.165) is 0 Å². The molecule has 1 rings (SSSR count). The molecular weight excluding hydrogens is 274 g/mol. The smallest absolute Gasteiger partial charge is 0.412 e. The number of rotatable bonds is 3. The lowest BCUT2D eigenvalue weighted by Gasteiger charge is -2.21. The highest BCUT2D eigenvalue weighted by molar-refractivity contribution is 5.88. The monoisotopic (exact) mass is 295 g/mol. The van der Waals surface area contributed by atoms with Crippen molar-refractivity contribution in [2.24, 2.45) is 5.73 Å². The fourth-order valence-corrected chi connectivity index (χ4v) is 1.67. The molecule has 0 heterocycles. The molecule has 0 aliphatic carbocycles. The van der Waals surface area contributed by atoms with Crippen molar-refractivity contribution in [1.29, 1.82) is 0 Å². The van der Waals surface area contributed by atoms with Crippen molar-refractivity contribution in [2.45, 2.75) is 39.3 Å². The second-order valence-corrected chi connectivity index (χ2v) is 5.65. The van der Waals surface area contributed by atoms with E-state index in [9.17, 15) is 9.59 Å². The molecular formula is C14H21N3O4. The standard InChI is InChI=1S/C14H21N3O4/c1-8(15)10-7-9(16-12(18)19)5-6-11(10)17-13(20)21-14(2,3)4/h5-8,16H,15H2,1-4H3,(H,17,20)(H,18,19). The third-order valence-electron chi connectivity index (χ3n) is 2.43. The minimum atomic E-state index is -1.17. The van der Waals surface area contributed by atoms with E-state index in [2.05, 4.69) is 10.6 Å². The Labute approximate surface area is 123 Å². The summed E-state index contributed by atoms with van der Waals surface area (Å²) in [5.41, 5.74) is 6.71. The summed E-state index contributed by atoms with van der Waals surface area (Å²) in [6.07, 6.45) is -1.76. The van der Waals surface area contributed by atoms with Crippen LogP contribution >= 0.6 is 0 Å². The molecule has 1 atom stereocenters. The highest BCUT2D eigenvalue weighted by Gasteiger charge is 2.18. The van der Waals surface area contributed by atoms with Gasteiger partial charge in [0.05, 0.1) is 0 Å². The lowest BCUT2D eigenvalue weighted by Crippen LogP contribution is -2.27. The normalized spacial score (nSPS) is 12.4. The average Bonchev–Trinajstić information content (AvgIpc) is 2.27. The molecule has 1 aromatic rings. The predicted molar refractivity (Wildman–Crippen MR) is 80.5 cm³/mol. The molecule has 2 amide bonds. The van der Waals surface area contributed by atoms with Crippen LogP contribution in [-0.2, 0) is 4.74 Å². The zero-order chi connectivity index (χ0) is 16.2. The van der Waals surface area contributed by atoms with E-state index in [1.807, 2.05) is 0 Å². The third-order valence-corrected chi connectivity index (χ3v) is 2.43. The van der Waals surface area contributed by atoms with Crippen LogP contribution in [0.5, 0.6) is 0 Å². The van der Waals surface area contributed by atoms with Crippen LogP contribution in [0.15, 0.2) is 18.2 Å². The first-order chi connectivity index (χ1) is 9.58. The molecule has 0 aliphatic heterocycles. The van der Waals surface area contributed by atoms with Gasteiger partial charge in [-0.3, -0.25) is 10.6 Å². The van der Waals surface area contributed by atoms with Gasteiger partial charge in [-0.1, -0.05) is 0 Å². The van der Waals surface area contributed by atoms with Crippen molar-refractivity contribution in [2.75, 3.05) is 10.6 Å². The second kappa shape index (κ2) is 6.45. The van der Waals surface area contributed by atoms with Gasteiger partial charge >= 0.3 is 12.2 Å². The molecule has 0 saturated heterocycles. The topological polar surface area (TPSA) is 114 Å². The Hall–Kier alpha value is -2.28. The van der Waals surface area contributed by atoms with E-state index in [1.54, 1.807) is 39.8 Å². The summed E-state index contributed by atoms with van der Waals surface area (Å²) < 4.78 is 5.17. The van der Waals surface area contributed by atoms with E-state index in [-0.39, 0.29) is 6.04 Å². The van der Waals surface area contributed by atoms with Crippen molar-refractivity contribution in [3.8, 4) is 0 Å². The molecule has 0 bridgehead atoms. The van der Waals surface area contributed by atoms with Crippen molar-refractivity contribution in [3.05, 3.63) is 23.8 Å². The summed E-state index contributed by atoms with van der Waals surface area (Å²) in [7, 11) is 0. The molecule has 1 aromatic carbocycles. The van der Waals surface area contributed by atoms with E-state index >= 15 is 0 Å². The minimum absolute atomic E-state index is 0.379. The van der Waals surface area contributed by atoms with E-state index in [1.165, 1.54) is 6.07 Å². The molecule has 0 aromatic heterocycles. The molecule has 7 nitrogen and oxygen atoms in total. The van der Waals surface area contributed by atoms with Gasteiger partial charge in [-0.05, 0) is 51.5 Å². The number of benzene rings is 1. The van der Waals surface area contributed by atoms with Crippen LogP contribution in [-0.4, -0.2) is 22.9 Å². The molecule has 1 unspecified atom stereocenters. The first-order valence-corrected chi connectivity index (χ1v) is 6.48. The van der Waals surface area contributed by atoms with Gasteiger partial charge in [0, 0.05) is 17.4 Å². The molecule has 116 valence electrons. The SMILES string of the molecule is CC(N)c1cc(NC(=O)O)ccc1NC(=O)OC(C)(C)C. The van der Waals surface area contributed by atoms with Crippen molar-refractivity contribution >= 4 is 23.6 Å². The summed E-state index contributed by atoms with van der Waals surface area (Å²) in [6, 6.07) is 4.30. The van der Waals surface area contributed by atoms with Gasteiger partial charge in [0.15, 0.2) is 0 Å². The highest BCUT2D eigenvalue weighted by atomic mass is 16.6. The average molecular weight is 295 g/mol. The lowest BCUT2D eigenvalue weighted by atomic mass is 10.1. The minimum Gasteiger partial charge on any atom is -0.465 e. The number of ether oxygens (including phenoxy) is 1. The number of carbonyl (C=O) groups is 2. The quantitative estimate of drug-likeness (QED) is 0.684. The summed E-state index contributed by atoms with van der Waals surface area (Å²) in [6.45, 7) is 7.02. The Morgan fingerprint density at radius 1 is 1.29 bits per heavy atom. The van der Waals surface area contributed by atoms with Crippen LogP contribution in [0.2, 0.25) is 0 Å². The third kappa shape index (κ3) is 5.70. The molecule has 0 aliphatic rings. The van der Waals surface area contributed by atoms with Gasteiger partial charge in [0.1, 0.15) is 5.60 Å². The van der Waals surface area contributed by atoms with E-state index in [0.29, 0.717) is 16.9 Å². The van der Waals surface area contributed by atoms with Crippen LogP contribution in [0.3, 0.4) is 0 Å². The van der Waals surface area contributed by atoms with Crippen molar-refractivity contribution in [3.63, 3.8) is 0 Å². The highest BCUT2D eigenvalue weighted by Crippen LogP contribution is 2.26. The van der Waals surface area contributed by atoms with Gasteiger partial charge in [0.2, 0.25) is 0 Å². The number of hydrogen-bond donors (Lipinski definition) is 4. The number of nitrogens with two attached hydrogens (primary N) is 1. The zero-order valence-electron chi connectivity index (χ0n) is 12.6. The van der Waals surface area contributed by atoms with Crippen LogP contribution in [0, 0.1) is 0 Å². The van der Waals surface area contributed by atoms with Gasteiger partial charge < -0.3 is 15.6 Å². The number of amides is 2. The van der Waals surface area contributed by atoms with Gasteiger partial charge in [-0.2, -0.15) is 0 Å². The Morgan fingerprint density at radius 3 is 2.38 bits per heavy atom. The predicted octanol–water partition coefficient (Wildman–Crippen LogP) is 3.14. The maximum Gasteiger partial charge on any atom is 0.412 e. The van der Waals surface area contributed by atoms with Crippen LogP contribution in [0.25, 0.3) is 0 Å². The number of carbonyl (C=O) groups excluding carboxylic acids is 1.